The summed E-state index contributed by atoms with van der Waals surface area (Å²) in [5, 5.41) is 3.36. The molecule has 2 fully saturated rings. The van der Waals surface area contributed by atoms with Crippen LogP contribution in [0.25, 0.3) is 0 Å². The quantitative estimate of drug-likeness (QED) is 0.543. The number of benzene rings is 2. The Labute approximate surface area is 197 Å². The molecular formula is C26H35N5O2. The third-order valence-corrected chi connectivity index (χ3v) is 6.24. The molecule has 0 aliphatic carbocycles. The van der Waals surface area contributed by atoms with Crippen LogP contribution in [0.3, 0.4) is 0 Å². The predicted molar refractivity (Wildman–Crippen MR) is 133 cm³/mol. The van der Waals surface area contributed by atoms with Gasteiger partial charge in [-0.1, -0.05) is 36.4 Å². The molecule has 1 amide bonds. The summed E-state index contributed by atoms with van der Waals surface area (Å²) in [7, 11) is 0. The Balaban J connectivity index is 1.25. The Bertz CT molecular complexity index is 889. The van der Waals surface area contributed by atoms with Gasteiger partial charge in [-0.15, -0.1) is 0 Å². The summed E-state index contributed by atoms with van der Waals surface area (Å²) in [4.78, 5) is 24.0. The van der Waals surface area contributed by atoms with Crippen LogP contribution in [0.2, 0.25) is 0 Å². The molecule has 176 valence electrons. The van der Waals surface area contributed by atoms with Crippen LogP contribution in [-0.4, -0.2) is 80.1 Å². The average Bonchev–Trinajstić information content (AvgIpc) is 2.88. The fourth-order valence-corrected chi connectivity index (χ4v) is 4.40. The number of likely N-dealkylation sites (tertiary alicyclic amines) is 1. The number of piperazine rings is 1. The Hall–Kier alpha value is -3.22. The SMILES string of the molecule is CCNC(=NCC(=O)N1CCN(c2ccccc2)CC1)N1CCC(Oc2ccccc2)CC1. The zero-order chi connectivity index (χ0) is 22.9. The molecule has 1 N–H and O–H groups in total. The van der Waals surface area contributed by atoms with Crippen molar-refractivity contribution in [2.45, 2.75) is 25.9 Å². The van der Waals surface area contributed by atoms with Gasteiger partial charge in [0.05, 0.1) is 0 Å². The number of aliphatic imine (C=N–C) groups is 1. The molecule has 0 atom stereocenters. The van der Waals surface area contributed by atoms with Gasteiger partial charge in [-0.05, 0) is 31.2 Å². The molecule has 0 radical (unpaired) electrons. The summed E-state index contributed by atoms with van der Waals surface area (Å²) in [6.45, 7) is 7.95. The topological polar surface area (TPSA) is 60.4 Å². The lowest BCUT2D eigenvalue weighted by Crippen LogP contribution is -2.50. The first-order valence-electron chi connectivity index (χ1n) is 12.1. The van der Waals surface area contributed by atoms with E-state index in [9.17, 15) is 4.79 Å². The van der Waals surface area contributed by atoms with Gasteiger partial charge in [0.25, 0.3) is 0 Å². The molecule has 2 aromatic carbocycles. The standard InChI is InChI=1S/C26H35N5O2/c1-2-27-26(31-15-13-24(14-16-31)33-23-11-7-4-8-12-23)28-21-25(32)30-19-17-29(18-20-30)22-9-5-3-6-10-22/h3-12,24H,2,13-21H2,1H3,(H,27,28). The minimum Gasteiger partial charge on any atom is -0.490 e. The molecular weight excluding hydrogens is 414 g/mol. The van der Waals surface area contributed by atoms with E-state index in [1.54, 1.807) is 0 Å². The minimum atomic E-state index is 0.0976. The summed E-state index contributed by atoms with van der Waals surface area (Å²) in [6.07, 6.45) is 2.10. The number of para-hydroxylation sites is 2. The van der Waals surface area contributed by atoms with Crippen molar-refractivity contribution in [1.82, 2.24) is 15.1 Å². The Morgan fingerprint density at radius 2 is 1.55 bits per heavy atom. The summed E-state index contributed by atoms with van der Waals surface area (Å²) < 4.78 is 6.11. The molecule has 4 rings (SSSR count). The number of hydrogen-bond acceptors (Lipinski definition) is 4. The monoisotopic (exact) mass is 449 g/mol. The van der Waals surface area contributed by atoms with E-state index in [0.717, 1.165) is 70.4 Å². The number of piperidine rings is 1. The summed E-state index contributed by atoms with van der Waals surface area (Å²) in [5.74, 6) is 1.85. The van der Waals surface area contributed by atoms with Crippen molar-refractivity contribution in [2.75, 3.05) is 57.3 Å². The lowest BCUT2D eigenvalue weighted by atomic mass is 10.1. The van der Waals surface area contributed by atoms with E-state index in [1.807, 2.05) is 41.3 Å². The third-order valence-electron chi connectivity index (χ3n) is 6.24. The highest BCUT2D eigenvalue weighted by Crippen LogP contribution is 2.19. The van der Waals surface area contributed by atoms with E-state index in [0.29, 0.717) is 0 Å². The normalized spacial score (nSPS) is 17.7. The second kappa shape index (κ2) is 11.6. The molecule has 0 unspecified atom stereocenters. The second-order valence-corrected chi connectivity index (χ2v) is 8.49. The third kappa shape index (κ3) is 6.40. The van der Waals surface area contributed by atoms with Gasteiger partial charge in [0, 0.05) is 64.3 Å². The van der Waals surface area contributed by atoms with Crippen molar-refractivity contribution in [1.29, 1.82) is 0 Å². The van der Waals surface area contributed by atoms with E-state index in [2.05, 4.69) is 51.3 Å². The van der Waals surface area contributed by atoms with Gasteiger partial charge in [-0.3, -0.25) is 4.79 Å². The predicted octanol–water partition coefficient (Wildman–Crippen LogP) is 2.84. The average molecular weight is 450 g/mol. The molecule has 2 aliphatic heterocycles. The van der Waals surface area contributed by atoms with Gasteiger partial charge in [0.2, 0.25) is 5.91 Å². The molecule has 7 heteroatoms. The fraction of sp³-hybridized carbons (Fsp3) is 0.462. The Kier molecular flexibility index (Phi) is 8.06. The number of nitrogens with zero attached hydrogens (tertiary/aromatic N) is 4. The lowest BCUT2D eigenvalue weighted by Gasteiger charge is -2.36. The van der Waals surface area contributed by atoms with Gasteiger partial charge >= 0.3 is 0 Å². The zero-order valence-electron chi connectivity index (χ0n) is 19.5. The molecule has 0 saturated carbocycles. The van der Waals surface area contributed by atoms with Crippen LogP contribution in [0, 0.1) is 0 Å². The maximum atomic E-state index is 12.8. The number of ether oxygens (including phenoxy) is 1. The largest absolute Gasteiger partial charge is 0.490 e. The van der Waals surface area contributed by atoms with Crippen LogP contribution < -0.4 is 15.0 Å². The van der Waals surface area contributed by atoms with Crippen LogP contribution in [-0.2, 0) is 4.79 Å². The van der Waals surface area contributed by atoms with Gasteiger partial charge < -0.3 is 24.8 Å². The van der Waals surface area contributed by atoms with Crippen LogP contribution in [0.5, 0.6) is 5.75 Å². The smallest absolute Gasteiger partial charge is 0.244 e. The first-order valence-corrected chi connectivity index (χ1v) is 12.1. The van der Waals surface area contributed by atoms with E-state index < -0.39 is 0 Å². The van der Waals surface area contributed by atoms with Crippen molar-refractivity contribution >= 4 is 17.6 Å². The zero-order valence-corrected chi connectivity index (χ0v) is 19.5. The second-order valence-electron chi connectivity index (χ2n) is 8.49. The van der Waals surface area contributed by atoms with E-state index in [4.69, 9.17) is 4.74 Å². The molecule has 2 saturated heterocycles. The van der Waals surface area contributed by atoms with Crippen molar-refractivity contribution < 1.29 is 9.53 Å². The molecule has 0 spiro atoms. The number of rotatable bonds is 6. The van der Waals surface area contributed by atoms with Gasteiger partial charge in [0.15, 0.2) is 5.96 Å². The molecule has 2 aromatic rings. The number of carbonyl (C=O) groups is 1. The van der Waals surface area contributed by atoms with Crippen molar-refractivity contribution in [3.8, 4) is 5.75 Å². The molecule has 0 bridgehead atoms. The maximum absolute atomic E-state index is 12.8. The molecule has 2 aliphatic rings. The number of anilines is 1. The highest BCUT2D eigenvalue weighted by atomic mass is 16.5. The molecule has 7 nitrogen and oxygen atoms in total. The minimum absolute atomic E-state index is 0.0976. The summed E-state index contributed by atoms with van der Waals surface area (Å²) in [5.41, 5.74) is 1.22. The van der Waals surface area contributed by atoms with E-state index in [-0.39, 0.29) is 18.6 Å². The van der Waals surface area contributed by atoms with Crippen LogP contribution in [0.15, 0.2) is 65.7 Å². The van der Waals surface area contributed by atoms with Crippen molar-refractivity contribution in [3.63, 3.8) is 0 Å². The molecule has 0 aromatic heterocycles. The number of amides is 1. The lowest BCUT2D eigenvalue weighted by molar-refractivity contribution is -0.129. The molecule has 33 heavy (non-hydrogen) atoms. The van der Waals surface area contributed by atoms with Crippen LogP contribution in [0.4, 0.5) is 5.69 Å². The van der Waals surface area contributed by atoms with Crippen LogP contribution in [0.1, 0.15) is 19.8 Å². The van der Waals surface area contributed by atoms with Crippen molar-refractivity contribution in [3.05, 3.63) is 60.7 Å². The number of nitrogens with one attached hydrogen (secondary N) is 1. The Morgan fingerprint density at radius 3 is 2.18 bits per heavy atom. The molecule has 2 heterocycles. The number of hydrogen-bond donors (Lipinski definition) is 1. The highest BCUT2D eigenvalue weighted by Gasteiger charge is 2.24. The Morgan fingerprint density at radius 1 is 0.909 bits per heavy atom. The first-order chi connectivity index (χ1) is 16.2. The van der Waals surface area contributed by atoms with Crippen molar-refractivity contribution in [2.24, 2.45) is 4.99 Å². The maximum Gasteiger partial charge on any atom is 0.244 e. The number of guanidine groups is 1. The van der Waals surface area contributed by atoms with Gasteiger partial charge in [-0.25, -0.2) is 4.99 Å². The van der Waals surface area contributed by atoms with Gasteiger partial charge in [0.1, 0.15) is 18.4 Å². The summed E-state index contributed by atoms with van der Waals surface area (Å²) >= 11 is 0. The first kappa shape index (κ1) is 23.0. The van der Waals surface area contributed by atoms with E-state index in [1.165, 1.54) is 5.69 Å². The van der Waals surface area contributed by atoms with E-state index >= 15 is 0 Å². The van der Waals surface area contributed by atoms with Gasteiger partial charge in [-0.2, -0.15) is 0 Å². The highest BCUT2D eigenvalue weighted by molar-refractivity contribution is 5.85. The van der Waals surface area contributed by atoms with Crippen LogP contribution >= 0.6 is 0 Å². The summed E-state index contributed by atoms with van der Waals surface area (Å²) in [6, 6.07) is 20.4. The fourth-order valence-electron chi connectivity index (χ4n) is 4.40. The number of carbonyl (C=O) groups excluding carboxylic acids is 1.